The summed E-state index contributed by atoms with van der Waals surface area (Å²) in [6, 6.07) is 6.33. The molecule has 0 amide bonds. The van der Waals surface area contributed by atoms with Crippen LogP contribution in [0.3, 0.4) is 0 Å². The van der Waals surface area contributed by atoms with E-state index in [1.54, 1.807) is 14.2 Å². The van der Waals surface area contributed by atoms with Crippen molar-refractivity contribution in [3.05, 3.63) is 50.2 Å². The second kappa shape index (κ2) is 7.18. The van der Waals surface area contributed by atoms with Crippen LogP contribution in [0.1, 0.15) is 18.1 Å². The van der Waals surface area contributed by atoms with Gasteiger partial charge in [0.25, 0.3) is 5.56 Å². The lowest BCUT2D eigenvalue weighted by Crippen LogP contribution is -2.41. The van der Waals surface area contributed by atoms with Crippen molar-refractivity contribution in [3.63, 3.8) is 0 Å². The first-order valence-corrected chi connectivity index (χ1v) is 9.87. The molecule has 3 heterocycles. The molecule has 0 saturated carbocycles. The molecule has 1 atom stereocenters. The molecule has 1 aliphatic heterocycles. The van der Waals surface area contributed by atoms with Crippen LogP contribution in [0.2, 0.25) is 0 Å². The lowest BCUT2D eigenvalue weighted by atomic mass is 10.1. The first kappa shape index (κ1) is 19.4. The number of fused-ring (bicyclic) bond motifs is 3. The van der Waals surface area contributed by atoms with Gasteiger partial charge < -0.3 is 14.2 Å². The van der Waals surface area contributed by atoms with E-state index < -0.39 is 0 Å². The summed E-state index contributed by atoms with van der Waals surface area (Å²) in [7, 11) is 3.22. The number of rotatable bonds is 4. The van der Waals surface area contributed by atoms with Crippen molar-refractivity contribution in [1.82, 2.24) is 18.7 Å². The third-order valence-electron chi connectivity index (χ3n) is 5.76. The zero-order valence-electron chi connectivity index (χ0n) is 17.6. The van der Waals surface area contributed by atoms with E-state index >= 15 is 0 Å². The molecule has 29 heavy (non-hydrogen) atoms. The third-order valence-corrected chi connectivity index (χ3v) is 5.76. The quantitative estimate of drug-likeness (QED) is 0.673. The minimum atomic E-state index is -0.374. The number of imidazole rings is 1. The van der Waals surface area contributed by atoms with Crippen molar-refractivity contribution < 1.29 is 4.74 Å². The summed E-state index contributed by atoms with van der Waals surface area (Å²) < 4.78 is 9.73. The minimum Gasteiger partial charge on any atom is -0.383 e. The molecule has 0 fully saturated rings. The maximum atomic E-state index is 13.2. The Bertz CT molecular complexity index is 1200. The second-order valence-corrected chi connectivity index (χ2v) is 7.97. The van der Waals surface area contributed by atoms with E-state index in [4.69, 9.17) is 9.72 Å². The van der Waals surface area contributed by atoms with Crippen molar-refractivity contribution in [2.45, 2.75) is 33.9 Å². The summed E-state index contributed by atoms with van der Waals surface area (Å²) in [4.78, 5) is 32.8. The highest BCUT2D eigenvalue weighted by atomic mass is 16.5. The number of anilines is 2. The number of hydrogen-bond donors (Lipinski definition) is 0. The Kier molecular flexibility index (Phi) is 4.82. The van der Waals surface area contributed by atoms with Crippen molar-refractivity contribution in [2.75, 3.05) is 25.2 Å². The van der Waals surface area contributed by atoms with Crippen LogP contribution in [0.15, 0.2) is 27.8 Å². The smallest absolute Gasteiger partial charge is 0.332 e. The highest BCUT2D eigenvalue weighted by molar-refractivity contribution is 5.77. The molecule has 0 radical (unpaired) electrons. The maximum absolute atomic E-state index is 13.2. The fraction of sp³-hybridized carbons (Fsp3) is 0.476. The van der Waals surface area contributed by atoms with Crippen molar-refractivity contribution in [2.24, 2.45) is 13.0 Å². The molecule has 0 N–H and O–H groups in total. The number of nitrogens with zero attached hydrogens (tertiary/aromatic N) is 5. The number of ether oxygens (including phenoxy) is 1. The van der Waals surface area contributed by atoms with Gasteiger partial charge in [-0.05, 0) is 43.0 Å². The normalized spacial score (nSPS) is 16.4. The van der Waals surface area contributed by atoms with E-state index in [1.165, 1.54) is 20.3 Å². The Morgan fingerprint density at radius 3 is 2.62 bits per heavy atom. The SMILES string of the molecule is COCCn1c(=O)c2c(nc3n2CC(C)CN3c2ccc(C)c(C)c2)n(C)c1=O. The fourth-order valence-electron chi connectivity index (χ4n) is 4.00. The number of hydrogen-bond acceptors (Lipinski definition) is 5. The van der Waals surface area contributed by atoms with Gasteiger partial charge in [0.2, 0.25) is 5.95 Å². The first-order chi connectivity index (χ1) is 13.8. The molecule has 2 aromatic heterocycles. The van der Waals surface area contributed by atoms with E-state index in [2.05, 4.69) is 43.9 Å². The average molecular weight is 397 g/mol. The van der Waals surface area contributed by atoms with E-state index in [0.29, 0.717) is 36.2 Å². The molecule has 0 saturated heterocycles. The number of benzene rings is 1. The standard InChI is InChI=1S/C21H27N5O3/c1-13-11-25(16-7-6-14(2)15(3)10-16)20-22-18-17(26(20)12-13)19(27)24(8-9-29-5)21(28)23(18)4/h6-7,10,13H,8-9,11-12H2,1-5H3. The van der Waals surface area contributed by atoms with E-state index in [9.17, 15) is 9.59 Å². The molecule has 1 aliphatic rings. The van der Waals surface area contributed by atoms with Crippen LogP contribution >= 0.6 is 0 Å². The van der Waals surface area contributed by atoms with Gasteiger partial charge in [-0.15, -0.1) is 0 Å². The van der Waals surface area contributed by atoms with E-state index in [0.717, 1.165) is 12.2 Å². The van der Waals surface area contributed by atoms with Gasteiger partial charge in [-0.2, -0.15) is 4.98 Å². The van der Waals surface area contributed by atoms with Gasteiger partial charge in [0, 0.05) is 32.9 Å². The van der Waals surface area contributed by atoms with Crippen molar-refractivity contribution in [1.29, 1.82) is 0 Å². The van der Waals surface area contributed by atoms with E-state index in [1.807, 2.05) is 4.57 Å². The summed E-state index contributed by atoms with van der Waals surface area (Å²) in [5, 5.41) is 0. The van der Waals surface area contributed by atoms with E-state index in [-0.39, 0.29) is 17.8 Å². The predicted octanol–water partition coefficient (Wildman–Crippen LogP) is 1.95. The Morgan fingerprint density at radius 2 is 1.93 bits per heavy atom. The van der Waals surface area contributed by atoms with Crippen LogP contribution in [-0.4, -0.2) is 38.9 Å². The zero-order valence-corrected chi connectivity index (χ0v) is 17.6. The van der Waals surface area contributed by atoms with Gasteiger partial charge in [0.1, 0.15) is 0 Å². The Morgan fingerprint density at radius 1 is 1.17 bits per heavy atom. The van der Waals surface area contributed by atoms with Gasteiger partial charge in [0.05, 0.1) is 13.2 Å². The summed E-state index contributed by atoms with van der Waals surface area (Å²) in [5.74, 6) is 1.03. The van der Waals surface area contributed by atoms with Gasteiger partial charge >= 0.3 is 5.69 Å². The molecule has 8 heteroatoms. The van der Waals surface area contributed by atoms with Gasteiger partial charge in [-0.3, -0.25) is 13.9 Å². The molecule has 3 aromatic rings. The molecule has 1 unspecified atom stereocenters. The molecule has 0 aliphatic carbocycles. The lowest BCUT2D eigenvalue weighted by molar-refractivity contribution is 0.184. The van der Waals surface area contributed by atoms with Crippen LogP contribution in [0, 0.1) is 19.8 Å². The van der Waals surface area contributed by atoms with Gasteiger partial charge in [0.15, 0.2) is 11.2 Å². The van der Waals surface area contributed by atoms with Gasteiger partial charge in [-0.1, -0.05) is 13.0 Å². The molecular formula is C21H27N5O3. The zero-order chi connectivity index (χ0) is 20.9. The lowest BCUT2D eigenvalue weighted by Gasteiger charge is -2.33. The van der Waals surface area contributed by atoms with Crippen LogP contribution in [0.25, 0.3) is 11.2 Å². The molecule has 4 rings (SSSR count). The minimum absolute atomic E-state index is 0.217. The Labute approximate surface area is 169 Å². The second-order valence-electron chi connectivity index (χ2n) is 7.97. The summed E-state index contributed by atoms with van der Waals surface area (Å²) in [5.41, 5.74) is 3.69. The fourth-order valence-corrected chi connectivity index (χ4v) is 4.00. The highest BCUT2D eigenvalue weighted by Gasteiger charge is 2.29. The Hall–Kier alpha value is -2.87. The first-order valence-electron chi connectivity index (χ1n) is 9.87. The molecule has 8 nitrogen and oxygen atoms in total. The summed E-state index contributed by atoms with van der Waals surface area (Å²) in [6.45, 7) is 8.34. The summed E-state index contributed by atoms with van der Waals surface area (Å²) >= 11 is 0. The maximum Gasteiger partial charge on any atom is 0.332 e. The monoisotopic (exact) mass is 397 g/mol. The summed E-state index contributed by atoms with van der Waals surface area (Å²) in [6.07, 6.45) is 0. The topological polar surface area (TPSA) is 74.3 Å². The largest absolute Gasteiger partial charge is 0.383 e. The van der Waals surface area contributed by atoms with Crippen molar-refractivity contribution in [3.8, 4) is 0 Å². The average Bonchev–Trinajstić information content (AvgIpc) is 3.07. The molecule has 0 spiro atoms. The Balaban J connectivity index is 1.97. The van der Waals surface area contributed by atoms with Crippen LogP contribution in [-0.2, 0) is 24.9 Å². The molecule has 154 valence electrons. The molecule has 1 aromatic carbocycles. The number of aromatic nitrogens is 4. The van der Waals surface area contributed by atoms with Crippen LogP contribution < -0.4 is 16.1 Å². The van der Waals surface area contributed by atoms with Crippen molar-refractivity contribution >= 4 is 22.8 Å². The van der Waals surface area contributed by atoms with Crippen LogP contribution in [0.4, 0.5) is 11.6 Å². The highest BCUT2D eigenvalue weighted by Crippen LogP contribution is 2.33. The number of aryl methyl sites for hydroxylation is 3. The number of methoxy groups -OCH3 is 1. The third kappa shape index (κ3) is 3.07. The van der Waals surface area contributed by atoms with Gasteiger partial charge in [-0.25, -0.2) is 4.79 Å². The van der Waals surface area contributed by atoms with Crippen LogP contribution in [0.5, 0.6) is 0 Å². The molecule has 0 bridgehead atoms. The predicted molar refractivity (Wildman–Crippen MR) is 113 cm³/mol. The molecular weight excluding hydrogens is 370 g/mol.